The highest BCUT2D eigenvalue weighted by Crippen LogP contribution is 2.32. The van der Waals surface area contributed by atoms with Crippen molar-refractivity contribution in [2.24, 2.45) is 0 Å². The fraction of sp³-hybridized carbons (Fsp3) is 0.351. The zero-order chi connectivity index (χ0) is 31.6. The molecule has 0 saturated heterocycles. The van der Waals surface area contributed by atoms with Crippen LogP contribution in [0.25, 0.3) is 16.9 Å². The zero-order valence-electron chi connectivity index (χ0n) is 26.1. The SMILES string of the molecule is CCCc1c(Cc2ccc(-c3ccccc3C#N)cc2)c(=O)n([C@H]2CC[C@H](Oc3ccc(C(C)(C)O)cc3)CC2)c2ncnn12. The lowest BCUT2D eigenvalue weighted by Crippen LogP contribution is -2.35. The van der Waals surface area contributed by atoms with E-state index in [1.54, 1.807) is 20.2 Å². The van der Waals surface area contributed by atoms with Crippen LogP contribution in [0.4, 0.5) is 0 Å². The molecule has 0 radical (unpaired) electrons. The lowest BCUT2D eigenvalue weighted by Gasteiger charge is -2.31. The van der Waals surface area contributed by atoms with Gasteiger partial charge in [0.1, 0.15) is 12.1 Å². The lowest BCUT2D eigenvalue weighted by atomic mass is 9.92. The minimum absolute atomic E-state index is 0.000833. The molecule has 230 valence electrons. The third kappa shape index (κ3) is 6.27. The van der Waals surface area contributed by atoms with E-state index in [2.05, 4.69) is 23.1 Å². The molecule has 6 rings (SSSR count). The van der Waals surface area contributed by atoms with E-state index < -0.39 is 5.60 Å². The van der Waals surface area contributed by atoms with E-state index in [-0.39, 0.29) is 17.7 Å². The molecule has 2 aromatic heterocycles. The number of nitrogens with zero attached hydrogens (tertiary/aromatic N) is 5. The van der Waals surface area contributed by atoms with E-state index >= 15 is 0 Å². The largest absolute Gasteiger partial charge is 0.490 e. The second kappa shape index (κ2) is 12.7. The molecule has 1 aliphatic carbocycles. The van der Waals surface area contributed by atoms with Gasteiger partial charge in [-0.15, -0.1) is 0 Å². The predicted molar refractivity (Wildman–Crippen MR) is 174 cm³/mol. The summed E-state index contributed by atoms with van der Waals surface area (Å²) >= 11 is 0. The van der Waals surface area contributed by atoms with Gasteiger partial charge >= 0.3 is 0 Å². The molecular formula is C37H39N5O3. The van der Waals surface area contributed by atoms with Crippen LogP contribution in [0.3, 0.4) is 0 Å². The number of aliphatic hydroxyl groups is 1. The van der Waals surface area contributed by atoms with Gasteiger partial charge in [0.15, 0.2) is 0 Å². The summed E-state index contributed by atoms with van der Waals surface area (Å²) in [4.78, 5) is 18.9. The number of hydrogen-bond acceptors (Lipinski definition) is 6. The first-order chi connectivity index (χ1) is 21.8. The highest BCUT2D eigenvalue weighted by Gasteiger charge is 2.29. The van der Waals surface area contributed by atoms with E-state index in [0.29, 0.717) is 17.8 Å². The molecule has 45 heavy (non-hydrogen) atoms. The molecule has 0 aliphatic heterocycles. The van der Waals surface area contributed by atoms with Crippen LogP contribution in [0.2, 0.25) is 0 Å². The Balaban J connectivity index is 1.25. The summed E-state index contributed by atoms with van der Waals surface area (Å²) in [5.41, 5.74) is 5.16. The normalized spacial score (nSPS) is 16.9. The van der Waals surface area contributed by atoms with E-state index in [1.165, 1.54) is 0 Å². The summed E-state index contributed by atoms with van der Waals surface area (Å²) in [5, 5.41) is 24.4. The molecule has 1 fully saturated rings. The van der Waals surface area contributed by atoms with Crippen LogP contribution in [0.15, 0.2) is 83.9 Å². The van der Waals surface area contributed by atoms with Crippen molar-refractivity contribution >= 4 is 5.78 Å². The number of aryl methyl sites for hydroxylation is 1. The van der Waals surface area contributed by atoms with Crippen molar-refractivity contribution in [2.45, 2.75) is 83.5 Å². The summed E-state index contributed by atoms with van der Waals surface area (Å²) < 4.78 is 10.0. The maximum atomic E-state index is 14.3. The third-order valence-electron chi connectivity index (χ3n) is 8.88. The Labute approximate surface area is 263 Å². The van der Waals surface area contributed by atoms with Crippen LogP contribution < -0.4 is 10.3 Å². The number of nitriles is 1. The zero-order valence-corrected chi connectivity index (χ0v) is 26.1. The molecule has 1 saturated carbocycles. The van der Waals surface area contributed by atoms with Crippen molar-refractivity contribution in [1.29, 1.82) is 5.26 Å². The molecule has 0 bridgehead atoms. The number of aromatic nitrogens is 4. The van der Waals surface area contributed by atoms with E-state index in [4.69, 9.17) is 4.74 Å². The smallest absolute Gasteiger partial charge is 0.259 e. The Morgan fingerprint density at radius 1 is 1.00 bits per heavy atom. The fourth-order valence-electron chi connectivity index (χ4n) is 6.47. The van der Waals surface area contributed by atoms with Gasteiger partial charge in [-0.05, 0) is 86.4 Å². The van der Waals surface area contributed by atoms with Gasteiger partial charge in [-0.1, -0.05) is 67.9 Å². The molecular weight excluding hydrogens is 562 g/mol. The number of rotatable bonds is 9. The molecule has 0 atom stereocenters. The van der Waals surface area contributed by atoms with Crippen LogP contribution in [-0.4, -0.2) is 30.4 Å². The Morgan fingerprint density at radius 3 is 2.38 bits per heavy atom. The number of benzene rings is 3. The highest BCUT2D eigenvalue weighted by atomic mass is 16.5. The van der Waals surface area contributed by atoms with Crippen molar-refractivity contribution in [2.75, 3.05) is 0 Å². The quantitative estimate of drug-likeness (QED) is 0.200. The first kappa shape index (κ1) is 30.3. The van der Waals surface area contributed by atoms with Crippen molar-refractivity contribution in [3.05, 3.63) is 117 Å². The van der Waals surface area contributed by atoms with Gasteiger partial charge in [0.2, 0.25) is 5.78 Å². The number of ether oxygens (including phenoxy) is 1. The first-order valence-electron chi connectivity index (χ1n) is 15.8. The van der Waals surface area contributed by atoms with Gasteiger partial charge < -0.3 is 9.84 Å². The summed E-state index contributed by atoms with van der Waals surface area (Å²) in [6, 6.07) is 25.6. The van der Waals surface area contributed by atoms with Crippen LogP contribution in [0.5, 0.6) is 5.75 Å². The van der Waals surface area contributed by atoms with Gasteiger partial charge in [0.25, 0.3) is 5.56 Å². The van der Waals surface area contributed by atoms with Crippen molar-refractivity contribution in [1.82, 2.24) is 19.2 Å². The molecule has 0 amide bonds. The van der Waals surface area contributed by atoms with Gasteiger partial charge in [-0.3, -0.25) is 9.36 Å². The molecule has 2 heterocycles. The second-order valence-electron chi connectivity index (χ2n) is 12.5. The minimum Gasteiger partial charge on any atom is -0.490 e. The average molecular weight is 602 g/mol. The topological polar surface area (TPSA) is 105 Å². The summed E-state index contributed by atoms with van der Waals surface area (Å²) in [6.45, 7) is 5.65. The Hall–Kier alpha value is -4.74. The molecule has 0 spiro atoms. The van der Waals surface area contributed by atoms with Gasteiger partial charge in [-0.2, -0.15) is 15.3 Å². The molecule has 1 aliphatic rings. The second-order valence-corrected chi connectivity index (χ2v) is 12.5. The van der Waals surface area contributed by atoms with Crippen LogP contribution in [0, 0.1) is 11.3 Å². The Morgan fingerprint density at radius 2 is 1.71 bits per heavy atom. The molecule has 1 N–H and O–H groups in total. The van der Waals surface area contributed by atoms with Crippen molar-refractivity contribution in [3.8, 4) is 22.9 Å². The van der Waals surface area contributed by atoms with Gasteiger partial charge in [0.05, 0.1) is 29.0 Å². The van der Waals surface area contributed by atoms with E-state index in [0.717, 1.165) is 77.8 Å². The average Bonchev–Trinajstić information content (AvgIpc) is 3.53. The van der Waals surface area contributed by atoms with Crippen molar-refractivity contribution < 1.29 is 9.84 Å². The van der Waals surface area contributed by atoms with Gasteiger partial charge in [-0.25, -0.2) is 4.52 Å². The Kier molecular flexibility index (Phi) is 8.55. The third-order valence-corrected chi connectivity index (χ3v) is 8.88. The monoisotopic (exact) mass is 601 g/mol. The molecule has 8 nitrogen and oxygen atoms in total. The Bertz CT molecular complexity index is 1880. The fourth-order valence-corrected chi connectivity index (χ4v) is 6.47. The van der Waals surface area contributed by atoms with Gasteiger partial charge in [0, 0.05) is 18.0 Å². The summed E-state index contributed by atoms with van der Waals surface area (Å²) in [7, 11) is 0. The first-order valence-corrected chi connectivity index (χ1v) is 15.8. The van der Waals surface area contributed by atoms with E-state index in [9.17, 15) is 15.2 Å². The molecule has 0 unspecified atom stereocenters. The van der Waals surface area contributed by atoms with E-state index in [1.807, 2.05) is 81.9 Å². The molecule has 8 heteroatoms. The maximum absolute atomic E-state index is 14.3. The van der Waals surface area contributed by atoms with Crippen LogP contribution in [-0.2, 0) is 18.4 Å². The standard InChI is InChI=1S/C37H39N5O3/c1-4-7-34-33(22-25-10-12-26(13-11-25)32-9-6-5-8-27(32)23-38)35(43)41(36-39-24-40-42(34)36)29-16-20-31(21-17-29)45-30-18-14-28(15-19-30)37(2,3)44/h5-6,8-15,18-19,24,29,31,44H,4,7,16-17,20-22H2,1-3H3/t29-,31-. The number of fused-ring (bicyclic) bond motifs is 1. The van der Waals surface area contributed by atoms with Crippen molar-refractivity contribution in [3.63, 3.8) is 0 Å². The molecule has 5 aromatic rings. The summed E-state index contributed by atoms with van der Waals surface area (Å²) in [5.74, 6) is 1.39. The predicted octanol–water partition coefficient (Wildman–Crippen LogP) is 6.76. The number of hydrogen-bond donors (Lipinski definition) is 1. The maximum Gasteiger partial charge on any atom is 0.259 e. The lowest BCUT2D eigenvalue weighted by molar-refractivity contribution is 0.0784. The van der Waals surface area contributed by atoms with Crippen LogP contribution >= 0.6 is 0 Å². The minimum atomic E-state index is -0.893. The highest BCUT2D eigenvalue weighted by molar-refractivity contribution is 5.70. The molecule has 3 aromatic carbocycles. The summed E-state index contributed by atoms with van der Waals surface area (Å²) in [6.07, 6.45) is 6.95. The van der Waals surface area contributed by atoms with Crippen LogP contribution in [0.1, 0.15) is 86.9 Å².